The summed E-state index contributed by atoms with van der Waals surface area (Å²) in [7, 11) is 0. The van der Waals surface area contributed by atoms with Crippen LogP contribution in [0.2, 0.25) is 0 Å². The Labute approximate surface area is 133 Å². The van der Waals surface area contributed by atoms with Gasteiger partial charge in [-0.25, -0.2) is 0 Å². The summed E-state index contributed by atoms with van der Waals surface area (Å²) in [6, 6.07) is 7.67. The number of nitrogens with zero attached hydrogens (tertiary/aromatic N) is 1. The molecule has 0 spiro atoms. The van der Waals surface area contributed by atoms with Gasteiger partial charge in [0.05, 0.1) is 5.41 Å². The molecular weight excluding hydrogens is 298 g/mol. The van der Waals surface area contributed by atoms with Gasteiger partial charge in [0.1, 0.15) is 0 Å². The van der Waals surface area contributed by atoms with Gasteiger partial charge in [-0.05, 0) is 47.4 Å². The van der Waals surface area contributed by atoms with Crippen LogP contribution in [-0.4, -0.2) is 35.0 Å². The molecule has 0 saturated carbocycles. The Hall–Kier alpha value is -1.88. The lowest BCUT2D eigenvalue weighted by Gasteiger charge is -2.28. The largest absolute Gasteiger partial charge is 0.481 e. The van der Waals surface area contributed by atoms with Crippen LogP contribution in [-0.2, 0) is 4.79 Å². The molecule has 1 saturated heterocycles. The number of hydrogen-bond donors (Lipinski definition) is 1. The van der Waals surface area contributed by atoms with Crippen LogP contribution in [0.5, 0.6) is 0 Å². The molecule has 2 aromatic rings. The quantitative estimate of drug-likeness (QED) is 0.943. The molecule has 1 fully saturated rings. The number of carboxylic acids is 1. The van der Waals surface area contributed by atoms with Gasteiger partial charge in [0.25, 0.3) is 5.91 Å². The van der Waals surface area contributed by atoms with Crippen molar-refractivity contribution in [3.8, 4) is 0 Å². The molecule has 116 valence electrons. The van der Waals surface area contributed by atoms with Crippen molar-refractivity contribution in [3.05, 3.63) is 35.2 Å². The van der Waals surface area contributed by atoms with E-state index in [0.717, 1.165) is 10.1 Å². The van der Waals surface area contributed by atoms with Crippen LogP contribution < -0.4 is 0 Å². The van der Waals surface area contributed by atoms with Gasteiger partial charge in [-0.3, -0.25) is 9.59 Å². The predicted octanol–water partition coefficient (Wildman–Crippen LogP) is 3.47. The molecule has 0 bridgehead atoms. The van der Waals surface area contributed by atoms with E-state index in [1.54, 1.807) is 16.2 Å². The molecule has 1 atom stereocenters. The third-order valence-electron chi connectivity index (χ3n) is 4.82. The highest BCUT2D eigenvalue weighted by Gasteiger charge is 2.48. The number of thiophene rings is 1. The third kappa shape index (κ3) is 2.29. The molecule has 22 heavy (non-hydrogen) atoms. The summed E-state index contributed by atoms with van der Waals surface area (Å²) in [5.74, 6) is -0.870. The lowest BCUT2D eigenvalue weighted by Crippen LogP contribution is -2.40. The van der Waals surface area contributed by atoms with E-state index in [0.29, 0.717) is 25.1 Å². The van der Waals surface area contributed by atoms with E-state index in [4.69, 9.17) is 0 Å². The van der Waals surface area contributed by atoms with E-state index in [-0.39, 0.29) is 11.8 Å². The molecule has 1 aliphatic rings. The zero-order valence-electron chi connectivity index (χ0n) is 12.7. The summed E-state index contributed by atoms with van der Waals surface area (Å²) >= 11 is 1.64. The maximum absolute atomic E-state index is 12.7. The topological polar surface area (TPSA) is 57.6 Å². The van der Waals surface area contributed by atoms with Gasteiger partial charge >= 0.3 is 5.97 Å². The molecule has 2 heterocycles. The van der Waals surface area contributed by atoms with Gasteiger partial charge < -0.3 is 10.0 Å². The first kappa shape index (κ1) is 15.0. The molecule has 0 radical (unpaired) electrons. The summed E-state index contributed by atoms with van der Waals surface area (Å²) in [5.41, 5.74) is -0.182. The number of likely N-dealkylation sites (tertiary alicyclic amines) is 1. The molecule has 1 aromatic carbocycles. The molecule has 3 rings (SSSR count). The zero-order valence-corrected chi connectivity index (χ0v) is 13.5. The Kier molecular flexibility index (Phi) is 3.68. The summed E-state index contributed by atoms with van der Waals surface area (Å²) < 4.78 is 1.15. The van der Waals surface area contributed by atoms with Crippen LogP contribution in [0, 0.1) is 11.3 Å². The second kappa shape index (κ2) is 5.39. The summed E-state index contributed by atoms with van der Waals surface area (Å²) in [4.78, 5) is 26.0. The van der Waals surface area contributed by atoms with E-state index >= 15 is 0 Å². The molecule has 0 aliphatic carbocycles. The highest BCUT2D eigenvalue weighted by atomic mass is 32.1. The Morgan fingerprint density at radius 3 is 2.73 bits per heavy atom. The SMILES string of the molecule is CC(C)C1(C(=O)O)CCN(C(=O)c2ccc3sccc3c2)C1. The van der Waals surface area contributed by atoms with Crippen molar-refractivity contribution in [1.82, 2.24) is 4.90 Å². The summed E-state index contributed by atoms with van der Waals surface area (Å²) in [6.45, 7) is 4.63. The van der Waals surface area contributed by atoms with Crippen molar-refractivity contribution in [1.29, 1.82) is 0 Å². The number of carbonyl (C=O) groups excluding carboxylic acids is 1. The number of carbonyl (C=O) groups is 2. The first-order valence-electron chi connectivity index (χ1n) is 7.44. The Morgan fingerprint density at radius 2 is 2.09 bits per heavy atom. The Bertz CT molecular complexity index is 736. The zero-order chi connectivity index (χ0) is 15.9. The predicted molar refractivity (Wildman–Crippen MR) is 87.3 cm³/mol. The van der Waals surface area contributed by atoms with Gasteiger partial charge in [0.2, 0.25) is 0 Å². The minimum Gasteiger partial charge on any atom is -0.481 e. The number of carboxylic acid groups (broad SMARTS) is 1. The average molecular weight is 317 g/mol. The van der Waals surface area contributed by atoms with Crippen LogP contribution in [0.4, 0.5) is 0 Å². The molecule has 5 heteroatoms. The minimum absolute atomic E-state index is 0.00199. The molecule has 1 aromatic heterocycles. The summed E-state index contributed by atoms with van der Waals surface area (Å²) in [6.07, 6.45) is 0.520. The maximum Gasteiger partial charge on any atom is 0.311 e. The fraction of sp³-hybridized carbons (Fsp3) is 0.412. The van der Waals surface area contributed by atoms with E-state index in [1.807, 2.05) is 43.5 Å². The third-order valence-corrected chi connectivity index (χ3v) is 5.72. The monoisotopic (exact) mass is 317 g/mol. The van der Waals surface area contributed by atoms with Gasteiger partial charge in [-0.2, -0.15) is 0 Å². The van der Waals surface area contributed by atoms with Crippen molar-refractivity contribution in [2.75, 3.05) is 13.1 Å². The Morgan fingerprint density at radius 1 is 1.32 bits per heavy atom. The number of hydrogen-bond acceptors (Lipinski definition) is 3. The lowest BCUT2D eigenvalue weighted by molar-refractivity contribution is -0.150. The molecule has 4 nitrogen and oxygen atoms in total. The van der Waals surface area contributed by atoms with Gasteiger partial charge in [-0.15, -0.1) is 11.3 Å². The van der Waals surface area contributed by atoms with Crippen LogP contribution >= 0.6 is 11.3 Å². The fourth-order valence-electron chi connectivity index (χ4n) is 3.18. The molecule has 1 amide bonds. The standard InChI is InChI=1S/C17H19NO3S/c1-11(2)17(16(20)21)6-7-18(10-17)15(19)13-3-4-14-12(9-13)5-8-22-14/h3-5,8-9,11H,6-7,10H2,1-2H3,(H,20,21). The molecule has 1 unspecified atom stereocenters. The molecular formula is C17H19NO3S. The van der Waals surface area contributed by atoms with Gasteiger partial charge in [0, 0.05) is 23.4 Å². The van der Waals surface area contributed by atoms with Gasteiger partial charge in [0.15, 0.2) is 0 Å². The van der Waals surface area contributed by atoms with Crippen molar-refractivity contribution in [2.45, 2.75) is 20.3 Å². The number of benzene rings is 1. The van der Waals surface area contributed by atoms with Crippen molar-refractivity contribution >= 4 is 33.3 Å². The van der Waals surface area contributed by atoms with Crippen LogP contribution in [0.3, 0.4) is 0 Å². The van der Waals surface area contributed by atoms with E-state index in [9.17, 15) is 14.7 Å². The average Bonchev–Trinajstić information content (AvgIpc) is 3.13. The Balaban J connectivity index is 1.85. The number of amides is 1. The second-order valence-corrected chi connectivity index (χ2v) is 7.21. The second-order valence-electron chi connectivity index (χ2n) is 6.27. The maximum atomic E-state index is 12.7. The van der Waals surface area contributed by atoms with Crippen molar-refractivity contribution in [3.63, 3.8) is 0 Å². The molecule has 1 N–H and O–H groups in total. The van der Waals surface area contributed by atoms with Crippen LogP contribution in [0.15, 0.2) is 29.6 Å². The normalized spacial score (nSPS) is 21.7. The van der Waals surface area contributed by atoms with Gasteiger partial charge in [-0.1, -0.05) is 13.8 Å². The van der Waals surface area contributed by atoms with E-state index in [1.165, 1.54) is 0 Å². The smallest absolute Gasteiger partial charge is 0.311 e. The van der Waals surface area contributed by atoms with Crippen LogP contribution in [0.25, 0.3) is 10.1 Å². The first-order chi connectivity index (χ1) is 10.4. The number of fused-ring (bicyclic) bond motifs is 1. The fourth-order valence-corrected chi connectivity index (χ4v) is 3.95. The summed E-state index contributed by atoms with van der Waals surface area (Å²) in [5, 5.41) is 12.6. The minimum atomic E-state index is -0.817. The van der Waals surface area contributed by atoms with E-state index in [2.05, 4.69) is 0 Å². The van der Waals surface area contributed by atoms with E-state index < -0.39 is 11.4 Å². The lowest BCUT2D eigenvalue weighted by atomic mass is 9.76. The van der Waals surface area contributed by atoms with Crippen molar-refractivity contribution < 1.29 is 14.7 Å². The highest BCUT2D eigenvalue weighted by molar-refractivity contribution is 7.17. The van der Waals surface area contributed by atoms with Crippen LogP contribution in [0.1, 0.15) is 30.6 Å². The highest BCUT2D eigenvalue weighted by Crippen LogP contribution is 2.38. The molecule has 1 aliphatic heterocycles. The number of aliphatic carboxylic acids is 1. The number of rotatable bonds is 3. The van der Waals surface area contributed by atoms with Crippen molar-refractivity contribution in [2.24, 2.45) is 11.3 Å². The first-order valence-corrected chi connectivity index (χ1v) is 8.32.